The fourth-order valence-electron chi connectivity index (χ4n) is 9.48. The maximum absolute atomic E-state index is 14.9. The van der Waals surface area contributed by atoms with Gasteiger partial charge < -0.3 is 24.0 Å². The number of hydrogen-bond acceptors (Lipinski definition) is 12. The summed E-state index contributed by atoms with van der Waals surface area (Å²) in [6, 6.07) is 11.7. The molecule has 0 bridgehead atoms. The molecule has 0 aliphatic carbocycles. The van der Waals surface area contributed by atoms with Crippen LogP contribution in [0.1, 0.15) is 98.7 Å². The third-order valence-corrected chi connectivity index (χ3v) is 15.5. The summed E-state index contributed by atoms with van der Waals surface area (Å²) in [4.78, 5) is 31.5. The molecule has 1 N–H and O–H groups in total. The highest BCUT2D eigenvalue weighted by molar-refractivity contribution is 7.91. The normalized spacial score (nSPS) is 18.2. The van der Waals surface area contributed by atoms with Gasteiger partial charge in [-0.3, -0.25) is 4.79 Å². The average Bonchev–Trinajstić information content (AvgIpc) is 3.81. The molecule has 0 saturated carbocycles. The zero-order valence-corrected chi connectivity index (χ0v) is 39.1. The number of aromatic nitrogens is 6. The van der Waals surface area contributed by atoms with Gasteiger partial charge in [0.15, 0.2) is 36.8 Å². The Morgan fingerprint density at radius 3 is 1.64 bits per heavy atom. The quantitative estimate of drug-likeness (QED) is 0.0973. The van der Waals surface area contributed by atoms with Gasteiger partial charge in [-0.05, 0) is 68.5 Å². The highest BCUT2D eigenvalue weighted by Crippen LogP contribution is 2.43. The van der Waals surface area contributed by atoms with Gasteiger partial charge in [0.25, 0.3) is 0 Å². The minimum atomic E-state index is -5.08. The number of Topliss-reactive ketones (excluding diaryl/α,β-unsaturated/α-hetero) is 1. The second kappa shape index (κ2) is 16.6. The molecule has 358 valence electrons. The van der Waals surface area contributed by atoms with Crippen molar-refractivity contribution in [2.45, 2.75) is 101 Å². The van der Waals surface area contributed by atoms with Gasteiger partial charge in [0, 0.05) is 83.6 Å². The van der Waals surface area contributed by atoms with E-state index in [0.717, 1.165) is 43.6 Å². The topological polar surface area (TPSA) is 173 Å². The first-order valence-electron chi connectivity index (χ1n) is 21.4. The van der Waals surface area contributed by atoms with Gasteiger partial charge in [0.1, 0.15) is 0 Å². The minimum absolute atomic E-state index is 0.132. The second-order valence-electron chi connectivity index (χ2n) is 18.2. The van der Waals surface area contributed by atoms with Gasteiger partial charge in [0.2, 0.25) is 11.9 Å². The predicted octanol–water partition coefficient (Wildman–Crippen LogP) is 8.33. The van der Waals surface area contributed by atoms with Crippen molar-refractivity contribution < 1.29 is 53.1 Å². The molecular weight excluding hydrogens is 927 g/mol. The first-order chi connectivity index (χ1) is 31.1. The summed E-state index contributed by atoms with van der Waals surface area (Å²) in [6.07, 6.45) is -7.79. The van der Waals surface area contributed by atoms with E-state index < -0.39 is 90.2 Å². The molecule has 2 aliphatic rings. The van der Waals surface area contributed by atoms with Crippen molar-refractivity contribution >= 4 is 59.2 Å². The van der Waals surface area contributed by atoms with Crippen LogP contribution in [-0.4, -0.2) is 81.9 Å². The number of aliphatic hydroxyl groups is 1. The van der Waals surface area contributed by atoms with E-state index in [1.54, 1.807) is 34.1 Å². The lowest BCUT2D eigenvalue weighted by Crippen LogP contribution is -2.42. The SMILES string of the molecule is CC(=O)c1cnc(N2CCn3c(cc4ccc(S(=O)(=O)CCC(C)(O)c5cnc(N6CCn7c(cc8ccc(S(C)(=O)=O)cc87)[C@H]6C(C)C)nc5C(F)(F)F)cc43)[C@@H]2C(C)C)nc1C(F)(F)F. The smallest absolute Gasteiger partial charge is 0.385 e. The molecular formula is C45H48F6N8O6S2. The molecule has 4 aromatic heterocycles. The first-order valence-corrected chi connectivity index (χ1v) is 25.0. The number of rotatable bonds is 11. The molecule has 22 heteroatoms. The van der Waals surface area contributed by atoms with E-state index in [1.165, 1.54) is 18.2 Å². The van der Waals surface area contributed by atoms with Crippen molar-refractivity contribution in [1.29, 1.82) is 0 Å². The van der Waals surface area contributed by atoms with Crippen LogP contribution in [0.5, 0.6) is 0 Å². The largest absolute Gasteiger partial charge is 0.434 e. The number of alkyl halides is 6. The van der Waals surface area contributed by atoms with Crippen molar-refractivity contribution in [2.75, 3.05) is 34.9 Å². The van der Waals surface area contributed by atoms with E-state index in [0.29, 0.717) is 22.1 Å². The van der Waals surface area contributed by atoms with E-state index in [2.05, 4.69) is 19.9 Å². The number of sulfone groups is 2. The molecule has 0 spiro atoms. The van der Waals surface area contributed by atoms with Crippen LogP contribution in [0.4, 0.5) is 38.2 Å². The maximum Gasteiger partial charge on any atom is 0.434 e. The monoisotopic (exact) mass is 974 g/mol. The Bertz CT molecular complexity index is 3180. The second-order valence-corrected chi connectivity index (χ2v) is 22.3. The predicted molar refractivity (Wildman–Crippen MR) is 237 cm³/mol. The molecule has 2 aliphatic heterocycles. The molecule has 0 amide bonds. The number of fused-ring (bicyclic) bond motifs is 6. The highest BCUT2D eigenvalue weighted by atomic mass is 32.2. The summed E-state index contributed by atoms with van der Waals surface area (Å²) in [7, 11) is -7.77. The van der Waals surface area contributed by atoms with Gasteiger partial charge in [-0.15, -0.1) is 0 Å². The minimum Gasteiger partial charge on any atom is -0.385 e. The number of carbonyl (C=O) groups is 1. The van der Waals surface area contributed by atoms with Crippen molar-refractivity contribution in [3.8, 4) is 0 Å². The molecule has 6 heterocycles. The first kappa shape index (κ1) is 47.9. The van der Waals surface area contributed by atoms with Crippen LogP contribution >= 0.6 is 0 Å². The third-order valence-electron chi connectivity index (χ3n) is 12.7. The number of ketones is 1. The van der Waals surface area contributed by atoms with E-state index >= 15 is 0 Å². The van der Waals surface area contributed by atoms with Crippen molar-refractivity contribution in [1.82, 2.24) is 29.1 Å². The highest BCUT2D eigenvalue weighted by Gasteiger charge is 2.44. The fourth-order valence-corrected chi connectivity index (χ4v) is 11.6. The summed E-state index contributed by atoms with van der Waals surface area (Å²) in [5.41, 5.74) is -3.95. The summed E-state index contributed by atoms with van der Waals surface area (Å²) in [5.74, 6) is -2.44. The van der Waals surface area contributed by atoms with Crippen LogP contribution in [0.2, 0.25) is 0 Å². The number of carbonyl (C=O) groups excluding carboxylic acids is 1. The fraction of sp³-hybridized carbons (Fsp3) is 0.444. The lowest BCUT2D eigenvalue weighted by Gasteiger charge is -2.40. The maximum atomic E-state index is 14.9. The standard InChI is InChI=1S/C45H48F6N8O6S2/c1-24(2)37-36-19-28-9-11-30(21-34(28)57(36)14-15-58(37)41-52-22-31(26(5)60)39(54-41)44(46,47)48)67(64,65)17-12-43(6,61)32-23-53-42(55-40(32)45(49,50)51)59-16-13-56-33-20-29(66(7,62)63)10-8-27(33)18-35(56)38(59)25(3)4/h8-11,18-25,37-38,61H,12-17H2,1-7H3/t37-,38+,43?/m0/s1. The number of anilines is 2. The van der Waals surface area contributed by atoms with Crippen molar-refractivity contribution in [3.63, 3.8) is 0 Å². The van der Waals surface area contributed by atoms with E-state index in [4.69, 9.17) is 0 Å². The summed E-state index contributed by atoms with van der Waals surface area (Å²) >= 11 is 0. The summed E-state index contributed by atoms with van der Waals surface area (Å²) < 4.78 is 143. The van der Waals surface area contributed by atoms with Crippen LogP contribution in [-0.2, 0) is 50.7 Å². The Balaban J connectivity index is 1.06. The van der Waals surface area contributed by atoms with E-state index in [-0.39, 0.29) is 59.7 Å². The van der Waals surface area contributed by atoms with Gasteiger partial charge in [-0.25, -0.2) is 36.8 Å². The number of halogens is 6. The van der Waals surface area contributed by atoms with Gasteiger partial charge >= 0.3 is 12.4 Å². The summed E-state index contributed by atoms with van der Waals surface area (Å²) in [5, 5.41) is 13.1. The average molecular weight is 975 g/mol. The van der Waals surface area contributed by atoms with Crippen molar-refractivity contribution in [3.05, 3.63) is 94.8 Å². The lowest BCUT2D eigenvalue weighted by atomic mass is 9.92. The summed E-state index contributed by atoms with van der Waals surface area (Å²) in [6.45, 7) is 10.4. The molecule has 0 fully saturated rings. The zero-order chi connectivity index (χ0) is 48.9. The zero-order valence-electron chi connectivity index (χ0n) is 37.5. The molecule has 6 aromatic rings. The Hall–Kier alpha value is -5.61. The number of hydrogen-bond donors (Lipinski definition) is 1. The Kier molecular flexibility index (Phi) is 11.8. The van der Waals surface area contributed by atoms with Gasteiger partial charge in [-0.2, -0.15) is 26.3 Å². The molecule has 8 rings (SSSR count). The third kappa shape index (κ3) is 8.75. The molecule has 2 aromatic carbocycles. The van der Waals surface area contributed by atoms with E-state index in [1.807, 2.05) is 42.9 Å². The molecule has 1 unspecified atom stereocenters. The Morgan fingerprint density at radius 2 is 1.18 bits per heavy atom. The van der Waals surface area contributed by atoms with Crippen LogP contribution in [0.3, 0.4) is 0 Å². The van der Waals surface area contributed by atoms with Gasteiger partial charge in [0.05, 0.1) is 38.8 Å². The number of benzene rings is 2. The van der Waals surface area contributed by atoms with E-state index in [9.17, 15) is 53.1 Å². The van der Waals surface area contributed by atoms with Crippen molar-refractivity contribution in [2.24, 2.45) is 11.8 Å². The van der Waals surface area contributed by atoms with Crippen LogP contribution in [0.25, 0.3) is 21.8 Å². The molecule has 67 heavy (non-hydrogen) atoms. The Morgan fingerprint density at radius 1 is 0.716 bits per heavy atom. The van der Waals surface area contributed by atoms with Crippen LogP contribution in [0.15, 0.2) is 70.7 Å². The molecule has 0 saturated heterocycles. The Labute approximate surface area is 382 Å². The molecule has 3 atom stereocenters. The molecule has 0 radical (unpaired) electrons. The number of nitrogens with zero attached hydrogens (tertiary/aromatic N) is 8. The van der Waals surface area contributed by atoms with Crippen LogP contribution in [0, 0.1) is 11.8 Å². The van der Waals surface area contributed by atoms with Gasteiger partial charge in [-0.1, -0.05) is 39.8 Å². The molecule has 14 nitrogen and oxygen atoms in total. The van der Waals surface area contributed by atoms with Crippen LogP contribution < -0.4 is 9.80 Å². The lowest BCUT2D eigenvalue weighted by molar-refractivity contribution is -0.144.